The molecule has 0 fully saturated rings. The van der Waals surface area contributed by atoms with Crippen molar-refractivity contribution in [2.45, 2.75) is 138 Å². The van der Waals surface area contributed by atoms with Gasteiger partial charge in [0.15, 0.2) is 0 Å². The van der Waals surface area contributed by atoms with Gasteiger partial charge in [0.2, 0.25) is 35.4 Å². The summed E-state index contributed by atoms with van der Waals surface area (Å²) in [5.41, 5.74) is 0.692. The second kappa shape index (κ2) is 43.5. The maximum absolute atomic E-state index is 14.6. The van der Waals surface area contributed by atoms with E-state index in [4.69, 9.17) is 14.2 Å². The van der Waals surface area contributed by atoms with Crippen molar-refractivity contribution < 1.29 is 71.7 Å². The standard InChI is InChI=1S/C87H90N18O15/c1-7-19-76(106)94-64-25-13-31-70(88-64)100-82(112)55-37-39-60(86(116)104-74-35-17-29-68(92-74)98-80(110)23-11-5)62(47-55)119-50-53-41-52(49-118-59-45-57(84(114)102-72-33-15-27-66(90-72)96-78(108)21-9-3)44-58(46-59)85(115)103-73-34-16-28-67(91-73)97-79(109)22-10-4)42-54(43-53)51-120-63-48-56(83(113)101-71-32-14-26-65(89-71)95-77(107)20-8-2)38-40-61(63)87(117)105-75-36-18-30-69(93-75)99-81(111)24-12-6/h13-18,25-48H,7-12,19-24,49-51H2,1-6H3,(H2,88,94,100,106,112)(H2,89,95,101,107,113)(H2,90,96,102,108,114)(H2,91,97,103,109,115)(H2,92,98,104,110,116)(H2,93,99,105,111,117). The monoisotopic (exact) mass is 1630 g/mol. The zero-order valence-electron chi connectivity index (χ0n) is 66.7. The third kappa shape index (κ3) is 26.7. The zero-order chi connectivity index (χ0) is 85.5. The third-order valence-electron chi connectivity index (χ3n) is 17.1. The van der Waals surface area contributed by atoms with Crippen LogP contribution in [0.1, 0.15) is 197 Å². The molecule has 4 aromatic carbocycles. The SMILES string of the molecule is CCCC(=O)Nc1cccc(NC(=O)c2cc(OCc3cc(COc4cc(C(=O)Nc5cccc(NC(=O)CCC)n5)ccc4C(=O)Nc4cccc(NC(=O)CCC)n4)cc(COc4cc(C(=O)Nc5cccc(NC(=O)CCC)n5)ccc4C(=O)Nc4cccc(NC(=O)CCC)n4)c3)cc(C(=O)Nc3cccc(NC(=O)CCC)n3)c2)n1. The highest BCUT2D eigenvalue weighted by Gasteiger charge is 2.24. The van der Waals surface area contributed by atoms with Crippen LogP contribution in [-0.4, -0.2) is 101 Å². The van der Waals surface area contributed by atoms with E-state index in [-0.39, 0.29) is 214 Å². The molecule has 0 bridgehead atoms. The first-order valence-corrected chi connectivity index (χ1v) is 38.9. The Bertz CT molecular complexity index is 5150. The molecular formula is C87H90N18O15. The van der Waals surface area contributed by atoms with E-state index in [1.807, 2.05) is 41.5 Å². The van der Waals surface area contributed by atoms with E-state index in [2.05, 4.69) is 93.7 Å². The Hall–Kier alpha value is -15.2. The number of carbonyl (C=O) groups is 12. The van der Waals surface area contributed by atoms with E-state index in [1.54, 1.807) is 91.0 Å². The van der Waals surface area contributed by atoms with Crippen LogP contribution in [0.3, 0.4) is 0 Å². The van der Waals surface area contributed by atoms with Crippen LogP contribution in [0.15, 0.2) is 182 Å². The fourth-order valence-electron chi connectivity index (χ4n) is 11.6. The first kappa shape index (κ1) is 87.2. The molecule has 0 unspecified atom stereocenters. The summed E-state index contributed by atoms with van der Waals surface area (Å²) >= 11 is 0. The molecule has 0 saturated heterocycles. The number of ether oxygens (including phenoxy) is 3. The Kier molecular flexibility index (Phi) is 31.6. The van der Waals surface area contributed by atoms with Gasteiger partial charge in [0.1, 0.15) is 107 Å². The smallest absolute Gasteiger partial charge is 0.260 e. The van der Waals surface area contributed by atoms with Crippen molar-refractivity contribution in [3.63, 3.8) is 0 Å². The van der Waals surface area contributed by atoms with Gasteiger partial charge in [-0.25, -0.2) is 29.9 Å². The predicted octanol–water partition coefficient (Wildman–Crippen LogP) is 14.7. The summed E-state index contributed by atoms with van der Waals surface area (Å²) in [4.78, 5) is 189. The molecule has 0 radical (unpaired) electrons. The van der Waals surface area contributed by atoms with Crippen LogP contribution in [0.2, 0.25) is 0 Å². The quantitative estimate of drug-likeness (QED) is 0.0170. The predicted molar refractivity (Wildman–Crippen MR) is 453 cm³/mol. The molecule has 0 aliphatic heterocycles. The molecule has 6 aromatic heterocycles. The lowest BCUT2D eigenvalue weighted by Gasteiger charge is -2.17. The average molecular weight is 1630 g/mol. The van der Waals surface area contributed by atoms with E-state index in [1.165, 1.54) is 91.0 Å². The summed E-state index contributed by atoms with van der Waals surface area (Å²) in [6.07, 6.45) is 4.81. The number of benzene rings is 4. The largest absolute Gasteiger partial charge is 0.489 e. The first-order chi connectivity index (χ1) is 58.0. The highest BCUT2D eigenvalue weighted by molar-refractivity contribution is 6.12. The van der Waals surface area contributed by atoms with E-state index >= 15 is 0 Å². The van der Waals surface area contributed by atoms with Crippen LogP contribution < -0.4 is 78.0 Å². The first-order valence-electron chi connectivity index (χ1n) is 38.9. The minimum atomic E-state index is -0.751. The summed E-state index contributed by atoms with van der Waals surface area (Å²) in [6, 6.07) is 45.1. The molecule has 0 aliphatic carbocycles. The fourth-order valence-corrected chi connectivity index (χ4v) is 11.6. The van der Waals surface area contributed by atoms with Gasteiger partial charge in [-0.2, -0.15) is 0 Å². The summed E-state index contributed by atoms with van der Waals surface area (Å²) in [6.45, 7) is 9.98. The number of amides is 12. The minimum absolute atomic E-state index is 0.0113. The van der Waals surface area contributed by atoms with Gasteiger partial charge in [0, 0.05) is 60.8 Å². The minimum Gasteiger partial charge on any atom is -0.489 e. The molecule has 618 valence electrons. The molecule has 6 heterocycles. The fraction of sp³-hybridized carbons (Fsp3) is 0.241. The van der Waals surface area contributed by atoms with E-state index in [9.17, 15) is 57.5 Å². The number of hydrogen-bond acceptors (Lipinski definition) is 21. The van der Waals surface area contributed by atoms with Gasteiger partial charge >= 0.3 is 0 Å². The van der Waals surface area contributed by atoms with Crippen LogP contribution in [0.25, 0.3) is 0 Å². The number of rotatable bonds is 39. The molecule has 33 nitrogen and oxygen atoms in total. The van der Waals surface area contributed by atoms with Gasteiger partial charge < -0.3 is 78.0 Å². The third-order valence-corrected chi connectivity index (χ3v) is 17.1. The number of carbonyl (C=O) groups excluding carboxylic acids is 12. The summed E-state index contributed by atoms with van der Waals surface area (Å²) in [5.74, 6) is -5.04. The molecule has 10 aromatic rings. The highest BCUT2D eigenvalue weighted by Crippen LogP contribution is 2.30. The van der Waals surface area contributed by atoms with Gasteiger partial charge in [-0.05, 0) is 201 Å². The normalized spacial score (nSPS) is 10.7. The number of anilines is 12. The van der Waals surface area contributed by atoms with Crippen molar-refractivity contribution in [2.24, 2.45) is 0 Å². The van der Waals surface area contributed by atoms with Gasteiger partial charge in [-0.15, -0.1) is 0 Å². The number of nitrogens with one attached hydrogen (secondary N) is 12. The lowest BCUT2D eigenvalue weighted by atomic mass is 10.1. The van der Waals surface area contributed by atoms with E-state index in [0.717, 1.165) is 0 Å². The van der Waals surface area contributed by atoms with Gasteiger partial charge in [0.25, 0.3) is 35.4 Å². The van der Waals surface area contributed by atoms with Crippen LogP contribution in [0.4, 0.5) is 69.8 Å². The van der Waals surface area contributed by atoms with Crippen molar-refractivity contribution in [1.29, 1.82) is 0 Å². The number of aromatic nitrogens is 6. The molecule has 0 saturated carbocycles. The van der Waals surface area contributed by atoms with Gasteiger partial charge in [0.05, 0.1) is 11.1 Å². The molecular weight excluding hydrogens is 1540 g/mol. The van der Waals surface area contributed by atoms with Crippen molar-refractivity contribution >= 4 is 141 Å². The molecule has 12 N–H and O–H groups in total. The highest BCUT2D eigenvalue weighted by atomic mass is 16.5. The number of pyridine rings is 6. The number of hydrogen-bond donors (Lipinski definition) is 12. The molecule has 0 spiro atoms. The lowest BCUT2D eigenvalue weighted by molar-refractivity contribution is -0.117. The van der Waals surface area contributed by atoms with Crippen molar-refractivity contribution in [3.05, 3.63) is 232 Å². The molecule has 33 heteroatoms. The van der Waals surface area contributed by atoms with Crippen molar-refractivity contribution in [1.82, 2.24) is 29.9 Å². The Labute approximate surface area is 690 Å². The lowest BCUT2D eigenvalue weighted by Crippen LogP contribution is -2.18. The Morgan fingerprint density at radius 1 is 0.233 bits per heavy atom. The average Bonchev–Trinajstić information content (AvgIpc) is 0.821. The van der Waals surface area contributed by atoms with Gasteiger partial charge in [-0.1, -0.05) is 77.9 Å². The maximum atomic E-state index is 14.6. The van der Waals surface area contributed by atoms with Crippen LogP contribution in [0.5, 0.6) is 17.2 Å². The zero-order valence-corrected chi connectivity index (χ0v) is 66.7. The van der Waals surface area contributed by atoms with Crippen molar-refractivity contribution in [3.8, 4) is 17.2 Å². The topological polar surface area (TPSA) is 454 Å². The maximum Gasteiger partial charge on any atom is 0.260 e. The van der Waals surface area contributed by atoms with E-state index < -0.39 is 35.4 Å². The Balaban J connectivity index is 1.04. The molecule has 0 atom stereocenters. The van der Waals surface area contributed by atoms with Crippen LogP contribution in [-0.2, 0) is 48.6 Å². The second-order valence-electron chi connectivity index (χ2n) is 27.2. The number of nitrogens with zero attached hydrogens (tertiary/aromatic N) is 6. The van der Waals surface area contributed by atoms with Gasteiger partial charge in [-0.3, -0.25) is 57.5 Å². The molecule has 0 aliphatic rings. The summed E-state index contributed by atoms with van der Waals surface area (Å²) in [7, 11) is 0. The molecule has 12 amide bonds. The van der Waals surface area contributed by atoms with Crippen molar-refractivity contribution in [2.75, 3.05) is 63.8 Å². The Morgan fingerprint density at radius 3 is 0.692 bits per heavy atom. The molecule has 10 rings (SSSR count). The van der Waals surface area contributed by atoms with Crippen LogP contribution >= 0.6 is 0 Å². The Morgan fingerprint density at radius 2 is 0.450 bits per heavy atom. The summed E-state index contributed by atoms with van der Waals surface area (Å²) in [5, 5.41) is 32.7. The molecule has 120 heavy (non-hydrogen) atoms. The summed E-state index contributed by atoms with van der Waals surface area (Å²) < 4.78 is 19.8. The van der Waals surface area contributed by atoms with Crippen LogP contribution in [0, 0.1) is 0 Å². The second-order valence-corrected chi connectivity index (χ2v) is 27.2. The van der Waals surface area contributed by atoms with E-state index in [0.29, 0.717) is 55.2 Å².